The zero-order chi connectivity index (χ0) is 17.7. The molecule has 2 N–H and O–H groups in total. The fraction of sp³-hybridized carbons (Fsp3) is 0.294. The van der Waals surface area contributed by atoms with Crippen molar-refractivity contribution in [2.24, 2.45) is 0 Å². The molecule has 0 saturated heterocycles. The molecule has 132 valence electrons. The summed E-state index contributed by atoms with van der Waals surface area (Å²) in [6, 6.07) is 5.41. The van der Waals surface area contributed by atoms with Crippen LogP contribution in [0.2, 0.25) is 0 Å². The number of benzene rings is 1. The third kappa shape index (κ3) is 4.67. The van der Waals surface area contributed by atoms with E-state index >= 15 is 0 Å². The van der Waals surface area contributed by atoms with Gasteiger partial charge in [-0.2, -0.15) is 13.2 Å². The van der Waals surface area contributed by atoms with Crippen molar-refractivity contribution in [2.75, 3.05) is 18.4 Å². The summed E-state index contributed by atoms with van der Waals surface area (Å²) >= 11 is 1.61. The molecule has 0 bridgehead atoms. The zero-order valence-corrected chi connectivity index (χ0v) is 14.1. The lowest BCUT2D eigenvalue weighted by molar-refractivity contribution is -0.137. The highest BCUT2D eigenvalue weighted by molar-refractivity contribution is 7.09. The highest BCUT2D eigenvalue weighted by Crippen LogP contribution is 2.32. The fourth-order valence-corrected chi connectivity index (χ4v) is 3.04. The van der Waals surface area contributed by atoms with Crippen LogP contribution >= 0.6 is 11.3 Å². The Morgan fingerprint density at radius 1 is 1.04 bits per heavy atom. The molecule has 1 aromatic carbocycles. The number of anilines is 1. The lowest BCUT2D eigenvalue weighted by Crippen LogP contribution is -2.17. The van der Waals surface area contributed by atoms with E-state index in [4.69, 9.17) is 0 Å². The average molecular weight is 366 g/mol. The number of halogens is 3. The third-order valence-corrected chi connectivity index (χ3v) is 4.46. The van der Waals surface area contributed by atoms with Crippen LogP contribution in [0.15, 0.2) is 42.0 Å². The minimum absolute atomic E-state index is 0.335. The Kier molecular flexibility index (Phi) is 5.50. The summed E-state index contributed by atoms with van der Waals surface area (Å²) in [6.45, 7) is 2.29. The van der Waals surface area contributed by atoms with Crippen molar-refractivity contribution in [1.82, 2.24) is 15.3 Å². The molecule has 0 aliphatic heterocycles. The molecule has 25 heavy (non-hydrogen) atoms. The van der Waals surface area contributed by atoms with E-state index < -0.39 is 11.7 Å². The molecule has 2 heterocycles. The first kappa shape index (κ1) is 17.6. The van der Waals surface area contributed by atoms with Gasteiger partial charge < -0.3 is 10.6 Å². The smallest absolute Gasteiger partial charge is 0.384 e. The number of thiazole rings is 1. The summed E-state index contributed by atoms with van der Waals surface area (Å²) in [5.41, 5.74) is 0.441. The number of fused-ring (bicyclic) bond motifs is 1. The van der Waals surface area contributed by atoms with Crippen LogP contribution < -0.4 is 10.6 Å². The van der Waals surface area contributed by atoms with E-state index in [1.54, 1.807) is 23.6 Å². The summed E-state index contributed by atoms with van der Waals surface area (Å²) in [5.74, 6) is 0. The predicted octanol–water partition coefficient (Wildman–Crippen LogP) is 4.30. The lowest BCUT2D eigenvalue weighted by Gasteiger charge is -2.12. The summed E-state index contributed by atoms with van der Waals surface area (Å²) in [6.07, 6.45) is -0.175. The quantitative estimate of drug-likeness (QED) is 0.612. The van der Waals surface area contributed by atoms with Crippen molar-refractivity contribution >= 4 is 27.9 Å². The van der Waals surface area contributed by atoms with Gasteiger partial charge in [-0.3, -0.25) is 4.98 Å². The maximum atomic E-state index is 12.8. The number of nitrogens with zero attached hydrogens (tertiary/aromatic N) is 2. The van der Waals surface area contributed by atoms with E-state index in [2.05, 4.69) is 20.6 Å². The summed E-state index contributed by atoms with van der Waals surface area (Å²) in [5, 5.41) is 10.2. The second kappa shape index (κ2) is 7.79. The molecule has 0 spiro atoms. The van der Waals surface area contributed by atoms with Crippen molar-refractivity contribution in [3.8, 4) is 0 Å². The Hall–Kier alpha value is -2.19. The van der Waals surface area contributed by atoms with E-state index in [0.717, 1.165) is 42.3 Å². The molecule has 4 nitrogen and oxygen atoms in total. The zero-order valence-electron chi connectivity index (χ0n) is 13.3. The number of alkyl halides is 3. The normalized spacial score (nSPS) is 11.8. The van der Waals surface area contributed by atoms with Gasteiger partial charge in [-0.15, -0.1) is 11.3 Å². The summed E-state index contributed by atoms with van der Waals surface area (Å²) in [4.78, 5) is 8.24. The lowest BCUT2D eigenvalue weighted by atomic mass is 10.1. The first-order valence-corrected chi connectivity index (χ1v) is 8.71. The predicted molar refractivity (Wildman–Crippen MR) is 93.7 cm³/mol. The molecule has 0 atom stereocenters. The maximum absolute atomic E-state index is 12.8. The minimum Gasteiger partial charge on any atom is -0.384 e. The first-order valence-electron chi connectivity index (χ1n) is 7.83. The van der Waals surface area contributed by atoms with Gasteiger partial charge in [-0.1, -0.05) is 6.07 Å². The molecule has 0 fully saturated rings. The summed E-state index contributed by atoms with van der Waals surface area (Å²) in [7, 11) is 0. The molecule has 8 heteroatoms. The van der Waals surface area contributed by atoms with Crippen molar-refractivity contribution < 1.29 is 13.2 Å². The Morgan fingerprint density at radius 2 is 1.92 bits per heavy atom. The van der Waals surface area contributed by atoms with Crippen LogP contribution in [0.4, 0.5) is 18.9 Å². The van der Waals surface area contributed by atoms with E-state index in [-0.39, 0.29) is 0 Å². The second-order valence-corrected chi connectivity index (χ2v) is 6.45. The number of pyridine rings is 1. The highest BCUT2D eigenvalue weighted by atomic mass is 32.1. The van der Waals surface area contributed by atoms with Crippen molar-refractivity contribution in [3.05, 3.63) is 52.6 Å². The van der Waals surface area contributed by atoms with Gasteiger partial charge in [-0.05, 0) is 31.2 Å². The van der Waals surface area contributed by atoms with Gasteiger partial charge in [0.1, 0.15) is 5.01 Å². The van der Waals surface area contributed by atoms with E-state index in [0.29, 0.717) is 17.4 Å². The van der Waals surface area contributed by atoms with Gasteiger partial charge in [0.2, 0.25) is 0 Å². The van der Waals surface area contributed by atoms with E-state index in [9.17, 15) is 13.2 Å². The molecule has 0 radical (unpaired) electrons. The van der Waals surface area contributed by atoms with Crippen LogP contribution in [-0.4, -0.2) is 23.1 Å². The van der Waals surface area contributed by atoms with Crippen LogP contribution in [0.1, 0.15) is 17.0 Å². The second-order valence-electron chi connectivity index (χ2n) is 5.47. The Labute approximate surface area is 147 Å². The van der Waals surface area contributed by atoms with Gasteiger partial charge in [0, 0.05) is 41.9 Å². The number of hydrogen-bond acceptors (Lipinski definition) is 5. The van der Waals surface area contributed by atoms with Gasteiger partial charge in [0.25, 0.3) is 0 Å². The van der Waals surface area contributed by atoms with E-state index in [1.807, 2.05) is 5.38 Å². The molecule has 0 amide bonds. The van der Waals surface area contributed by atoms with Crippen LogP contribution in [0, 0.1) is 0 Å². The number of nitrogens with one attached hydrogen (secondary N) is 2. The average Bonchev–Trinajstić information content (AvgIpc) is 3.10. The largest absolute Gasteiger partial charge is 0.416 e. The molecule has 0 aliphatic rings. The fourth-order valence-electron chi connectivity index (χ4n) is 2.45. The Morgan fingerprint density at radius 3 is 2.68 bits per heavy atom. The number of aromatic nitrogens is 2. The van der Waals surface area contributed by atoms with Crippen LogP contribution in [0.5, 0.6) is 0 Å². The Balaban J connectivity index is 1.54. The molecule has 0 unspecified atom stereocenters. The van der Waals surface area contributed by atoms with Crippen LogP contribution in [0.3, 0.4) is 0 Å². The van der Waals surface area contributed by atoms with Gasteiger partial charge in [0.05, 0.1) is 11.1 Å². The van der Waals surface area contributed by atoms with E-state index in [1.165, 1.54) is 12.3 Å². The molecular weight excluding hydrogens is 349 g/mol. The van der Waals surface area contributed by atoms with Crippen molar-refractivity contribution in [2.45, 2.75) is 19.1 Å². The molecule has 3 rings (SSSR count). The molecule has 0 saturated carbocycles. The van der Waals surface area contributed by atoms with Crippen molar-refractivity contribution in [3.63, 3.8) is 0 Å². The van der Waals surface area contributed by atoms with Crippen LogP contribution in [0.25, 0.3) is 10.9 Å². The number of hydrogen-bond donors (Lipinski definition) is 2. The third-order valence-electron chi connectivity index (χ3n) is 3.68. The highest BCUT2D eigenvalue weighted by Gasteiger charge is 2.30. The van der Waals surface area contributed by atoms with Gasteiger partial charge >= 0.3 is 6.18 Å². The number of rotatable bonds is 7. The maximum Gasteiger partial charge on any atom is 0.416 e. The topological polar surface area (TPSA) is 49.8 Å². The van der Waals surface area contributed by atoms with Crippen molar-refractivity contribution in [1.29, 1.82) is 0 Å². The molecular formula is C17H17F3N4S. The molecule has 3 aromatic rings. The van der Waals surface area contributed by atoms with Gasteiger partial charge in [0.15, 0.2) is 0 Å². The SMILES string of the molecule is FC(F)(F)c1ccc2c(NCCCNCc3nccs3)ccnc2c1. The standard InChI is InChI=1S/C17H17F3N4S/c18-17(19,20)12-2-3-13-14(4-7-23-15(13)10-12)22-6-1-5-21-11-16-24-8-9-25-16/h2-4,7-10,21H,1,5-6,11H2,(H,22,23). The monoisotopic (exact) mass is 366 g/mol. The Bertz CT molecular complexity index is 818. The van der Waals surface area contributed by atoms with Crippen LogP contribution in [-0.2, 0) is 12.7 Å². The molecule has 0 aliphatic carbocycles. The first-order chi connectivity index (χ1) is 12.0. The van der Waals surface area contributed by atoms with Gasteiger partial charge in [-0.25, -0.2) is 4.98 Å². The molecule has 2 aromatic heterocycles. The minimum atomic E-state index is -4.36. The summed E-state index contributed by atoms with van der Waals surface area (Å²) < 4.78 is 38.4.